The van der Waals surface area contributed by atoms with Gasteiger partial charge in [-0.15, -0.1) is 0 Å². The zero-order valence-corrected chi connectivity index (χ0v) is 12.8. The highest BCUT2D eigenvalue weighted by molar-refractivity contribution is 7.17. The molecule has 5 heteroatoms. The van der Waals surface area contributed by atoms with Crippen molar-refractivity contribution in [2.45, 2.75) is 20.8 Å². The monoisotopic (exact) mass is 289 g/mol. The fraction of sp³-hybridized carbons (Fsp3) is 0.333. The van der Waals surface area contributed by atoms with E-state index in [1.165, 1.54) is 11.3 Å². The number of para-hydroxylation sites is 1. The Morgan fingerprint density at radius 3 is 2.65 bits per heavy atom. The van der Waals surface area contributed by atoms with E-state index in [1.54, 1.807) is 0 Å². The minimum absolute atomic E-state index is 0.108. The number of nitrogens with one attached hydrogen (secondary N) is 2. The lowest BCUT2D eigenvalue weighted by Gasteiger charge is -2.04. The molecule has 2 aromatic rings. The molecule has 0 atom stereocenters. The molecule has 106 valence electrons. The van der Waals surface area contributed by atoms with Crippen LogP contribution in [0.3, 0.4) is 0 Å². The van der Waals surface area contributed by atoms with Crippen LogP contribution in [0.1, 0.15) is 29.2 Å². The van der Waals surface area contributed by atoms with Gasteiger partial charge in [0.25, 0.3) is 5.91 Å². The van der Waals surface area contributed by atoms with E-state index in [2.05, 4.69) is 29.5 Å². The van der Waals surface area contributed by atoms with Crippen molar-refractivity contribution in [2.75, 3.05) is 17.2 Å². The predicted octanol–water partition coefficient (Wildman–Crippen LogP) is 3.77. The molecule has 4 nitrogen and oxygen atoms in total. The van der Waals surface area contributed by atoms with E-state index in [4.69, 9.17) is 0 Å². The summed E-state index contributed by atoms with van der Waals surface area (Å²) in [4.78, 5) is 17.3. The Morgan fingerprint density at radius 2 is 2.00 bits per heavy atom. The number of hydrogen-bond donors (Lipinski definition) is 2. The minimum atomic E-state index is -0.108. The maximum atomic E-state index is 12.2. The number of hydrogen-bond acceptors (Lipinski definition) is 4. The lowest BCUT2D eigenvalue weighted by Crippen LogP contribution is -2.11. The van der Waals surface area contributed by atoms with E-state index in [0.29, 0.717) is 10.8 Å². The molecule has 1 aromatic carbocycles. The average molecular weight is 289 g/mol. The van der Waals surface area contributed by atoms with E-state index in [1.807, 2.05) is 37.3 Å². The molecule has 2 N–H and O–H groups in total. The number of carbonyl (C=O) groups is 1. The van der Waals surface area contributed by atoms with Crippen LogP contribution in [0.2, 0.25) is 0 Å². The van der Waals surface area contributed by atoms with Crippen LogP contribution < -0.4 is 10.6 Å². The number of anilines is 2. The van der Waals surface area contributed by atoms with Crippen LogP contribution in [-0.4, -0.2) is 17.4 Å². The number of benzene rings is 1. The first kappa shape index (κ1) is 14.5. The summed E-state index contributed by atoms with van der Waals surface area (Å²) in [6.45, 7) is 6.98. The van der Waals surface area contributed by atoms with Crippen molar-refractivity contribution in [2.24, 2.45) is 5.92 Å². The smallest absolute Gasteiger partial charge is 0.267 e. The van der Waals surface area contributed by atoms with E-state index in [0.717, 1.165) is 23.1 Å². The van der Waals surface area contributed by atoms with Gasteiger partial charge in [-0.1, -0.05) is 43.4 Å². The molecule has 20 heavy (non-hydrogen) atoms. The van der Waals surface area contributed by atoms with Crippen molar-refractivity contribution in [3.05, 3.63) is 40.9 Å². The van der Waals surface area contributed by atoms with Gasteiger partial charge in [0.15, 0.2) is 5.13 Å². The molecule has 0 saturated carbocycles. The molecule has 2 rings (SSSR count). The zero-order valence-electron chi connectivity index (χ0n) is 11.9. The van der Waals surface area contributed by atoms with Crippen LogP contribution in [0, 0.1) is 12.8 Å². The molecule has 0 saturated heterocycles. The van der Waals surface area contributed by atoms with Gasteiger partial charge >= 0.3 is 0 Å². The van der Waals surface area contributed by atoms with Gasteiger partial charge in [0.05, 0.1) is 5.69 Å². The topological polar surface area (TPSA) is 54.0 Å². The van der Waals surface area contributed by atoms with Gasteiger partial charge in [0.2, 0.25) is 0 Å². The Morgan fingerprint density at radius 1 is 1.30 bits per heavy atom. The summed E-state index contributed by atoms with van der Waals surface area (Å²) < 4.78 is 0. The third-order valence-electron chi connectivity index (χ3n) is 2.70. The molecule has 0 unspecified atom stereocenters. The summed E-state index contributed by atoms with van der Waals surface area (Å²) in [6.07, 6.45) is 0. The van der Waals surface area contributed by atoms with Gasteiger partial charge in [-0.3, -0.25) is 4.79 Å². The van der Waals surface area contributed by atoms with Crippen molar-refractivity contribution < 1.29 is 4.79 Å². The normalized spacial score (nSPS) is 10.6. The highest BCUT2D eigenvalue weighted by Gasteiger charge is 2.15. The number of amides is 1. The van der Waals surface area contributed by atoms with Crippen LogP contribution in [0.5, 0.6) is 0 Å². The number of rotatable bonds is 5. The second kappa shape index (κ2) is 6.52. The number of nitrogens with zero attached hydrogens (tertiary/aromatic N) is 1. The van der Waals surface area contributed by atoms with Crippen molar-refractivity contribution >= 4 is 28.1 Å². The largest absolute Gasteiger partial charge is 0.361 e. The summed E-state index contributed by atoms with van der Waals surface area (Å²) in [6, 6.07) is 9.44. The molecule has 0 spiro atoms. The molecule has 1 amide bonds. The van der Waals surface area contributed by atoms with Crippen molar-refractivity contribution in [1.29, 1.82) is 0 Å². The van der Waals surface area contributed by atoms with Crippen LogP contribution in [0.25, 0.3) is 0 Å². The van der Waals surface area contributed by atoms with E-state index >= 15 is 0 Å². The van der Waals surface area contributed by atoms with Crippen LogP contribution >= 0.6 is 11.3 Å². The molecular weight excluding hydrogens is 270 g/mol. The molecule has 0 bridgehead atoms. The van der Waals surface area contributed by atoms with Crippen molar-refractivity contribution in [1.82, 2.24) is 4.98 Å². The minimum Gasteiger partial charge on any atom is -0.361 e. The van der Waals surface area contributed by atoms with E-state index in [9.17, 15) is 4.79 Å². The lowest BCUT2D eigenvalue weighted by atomic mass is 10.2. The first-order valence-corrected chi connectivity index (χ1v) is 7.45. The van der Waals surface area contributed by atoms with Crippen molar-refractivity contribution in [3.63, 3.8) is 0 Å². The Bertz CT molecular complexity index is 578. The van der Waals surface area contributed by atoms with Crippen LogP contribution in [0.4, 0.5) is 10.8 Å². The Labute approximate surface area is 123 Å². The van der Waals surface area contributed by atoms with Gasteiger partial charge in [0, 0.05) is 12.2 Å². The summed E-state index contributed by atoms with van der Waals surface area (Å²) in [5.41, 5.74) is 1.55. The second-order valence-corrected chi connectivity index (χ2v) is 6.03. The number of thiazole rings is 1. The SMILES string of the molecule is Cc1nc(NCC(C)C)sc1C(=O)Nc1ccccc1. The standard InChI is InChI=1S/C15H19N3OS/c1-10(2)9-16-15-17-11(3)13(20-15)14(19)18-12-7-5-4-6-8-12/h4-8,10H,9H2,1-3H3,(H,16,17)(H,18,19). The molecule has 1 heterocycles. The number of carbonyl (C=O) groups excluding carboxylic acids is 1. The molecule has 0 radical (unpaired) electrons. The summed E-state index contributed by atoms with van der Waals surface area (Å²) in [7, 11) is 0. The first-order chi connectivity index (χ1) is 9.56. The summed E-state index contributed by atoms with van der Waals surface area (Å²) in [5, 5.41) is 6.93. The fourth-order valence-electron chi connectivity index (χ4n) is 1.68. The van der Waals surface area contributed by atoms with Gasteiger partial charge in [0.1, 0.15) is 4.88 Å². The van der Waals surface area contributed by atoms with Crippen LogP contribution in [0.15, 0.2) is 30.3 Å². The quantitative estimate of drug-likeness (QED) is 0.881. The average Bonchev–Trinajstić information content (AvgIpc) is 2.79. The maximum Gasteiger partial charge on any atom is 0.267 e. The number of aromatic nitrogens is 1. The highest BCUT2D eigenvalue weighted by Crippen LogP contribution is 2.23. The van der Waals surface area contributed by atoms with Crippen LogP contribution in [-0.2, 0) is 0 Å². The second-order valence-electron chi connectivity index (χ2n) is 5.03. The van der Waals surface area contributed by atoms with Gasteiger partial charge in [-0.05, 0) is 25.0 Å². The zero-order chi connectivity index (χ0) is 14.5. The molecule has 0 aliphatic carbocycles. The molecule has 0 aliphatic rings. The molecule has 0 aliphatic heterocycles. The van der Waals surface area contributed by atoms with Gasteiger partial charge < -0.3 is 10.6 Å². The Hall–Kier alpha value is -1.88. The third-order valence-corrected chi connectivity index (χ3v) is 3.81. The summed E-state index contributed by atoms with van der Waals surface area (Å²) in [5.74, 6) is 0.435. The molecule has 0 fully saturated rings. The van der Waals surface area contributed by atoms with E-state index < -0.39 is 0 Å². The van der Waals surface area contributed by atoms with E-state index in [-0.39, 0.29) is 5.91 Å². The maximum absolute atomic E-state index is 12.2. The Kier molecular flexibility index (Phi) is 4.74. The Balaban J connectivity index is 2.06. The van der Waals surface area contributed by atoms with Gasteiger partial charge in [-0.25, -0.2) is 4.98 Å². The predicted molar refractivity (Wildman–Crippen MR) is 84.6 cm³/mol. The lowest BCUT2D eigenvalue weighted by molar-refractivity contribution is 0.103. The number of aryl methyl sites for hydroxylation is 1. The summed E-state index contributed by atoms with van der Waals surface area (Å²) >= 11 is 1.39. The molecule has 1 aromatic heterocycles. The third kappa shape index (κ3) is 3.81. The molecular formula is C15H19N3OS. The first-order valence-electron chi connectivity index (χ1n) is 6.64. The highest BCUT2D eigenvalue weighted by atomic mass is 32.1. The van der Waals surface area contributed by atoms with Gasteiger partial charge in [-0.2, -0.15) is 0 Å². The fourth-order valence-corrected chi connectivity index (χ4v) is 2.55. The van der Waals surface area contributed by atoms with Crippen molar-refractivity contribution in [3.8, 4) is 0 Å².